The molecular weight excluding hydrogens is 521 g/mol. The molecule has 0 fully saturated rings. The summed E-state index contributed by atoms with van der Waals surface area (Å²) in [5, 5.41) is 10.4. The van der Waals surface area contributed by atoms with Gasteiger partial charge in [-0.05, 0) is 33.6 Å². The number of carbonyl (C=O) groups is 2. The van der Waals surface area contributed by atoms with Gasteiger partial charge in [0.25, 0.3) is 0 Å². The molecule has 0 aromatic heterocycles. The van der Waals surface area contributed by atoms with Crippen LogP contribution in [0.4, 0.5) is 5.69 Å². The minimum absolute atomic E-state index is 0.0337. The number of benzene rings is 2. The van der Waals surface area contributed by atoms with Gasteiger partial charge >= 0.3 is 11.9 Å². The van der Waals surface area contributed by atoms with Crippen LogP contribution in [0.2, 0.25) is 10.0 Å². The Bertz CT molecular complexity index is 1210. The van der Waals surface area contributed by atoms with E-state index in [1.807, 2.05) is 0 Å². The third-order valence-corrected chi connectivity index (χ3v) is 6.84. The third kappa shape index (κ3) is 3.95. The second-order valence-electron chi connectivity index (χ2n) is 6.53. The van der Waals surface area contributed by atoms with Crippen LogP contribution in [0.25, 0.3) is 0 Å². The molecule has 164 valence electrons. The van der Waals surface area contributed by atoms with Crippen molar-refractivity contribution in [1.82, 2.24) is 0 Å². The summed E-state index contributed by atoms with van der Waals surface area (Å²) >= 11 is 15.9. The summed E-state index contributed by atoms with van der Waals surface area (Å²) in [6.45, 7) is 0. The molecule has 0 bridgehead atoms. The summed E-state index contributed by atoms with van der Waals surface area (Å²) in [7, 11) is 2.34. The maximum absolute atomic E-state index is 13.0. The van der Waals surface area contributed by atoms with Crippen molar-refractivity contribution in [2.75, 3.05) is 19.1 Å². The first-order valence-corrected chi connectivity index (χ1v) is 10.6. The predicted octanol–water partition coefficient (Wildman–Crippen LogP) is 4.65. The minimum Gasteiger partial charge on any atom is -0.466 e. The van der Waals surface area contributed by atoms with Crippen molar-refractivity contribution < 1.29 is 19.1 Å². The quantitative estimate of drug-likeness (QED) is 0.447. The summed E-state index contributed by atoms with van der Waals surface area (Å²) in [4.78, 5) is 27.2. The number of esters is 2. The van der Waals surface area contributed by atoms with E-state index in [-0.39, 0.29) is 33.4 Å². The van der Waals surface area contributed by atoms with Crippen LogP contribution in [-0.2, 0) is 19.1 Å². The Morgan fingerprint density at radius 3 is 2.28 bits per heavy atom. The molecule has 1 atom stereocenters. The second kappa shape index (κ2) is 9.65. The van der Waals surface area contributed by atoms with Gasteiger partial charge in [0.1, 0.15) is 11.5 Å². The lowest BCUT2D eigenvalue weighted by molar-refractivity contribution is -0.139. The first-order valence-electron chi connectivity index (χ1n) is 9.07. The monoisotopic (exact) mass is 535 g/mol. The molecule has 1 heterocycles. The summed E-state index contributed by atoms with van der Waals surface area (Å²) in [6.07, 6.45) is 0. The number of nitrogens with two attached hydrogens (primary N) is 1. The highest BCUT2D eigenvalue weighted by Crippen LogP contribution is 2.46. The smallest absolute Gasteiger partial charge is 0.355 e. The molecule has 2 N–H and O–H groups in total. The zero-order valence-corrected chi connectivity index (χ0v) is 20.0. The molecule has 2 aromatic rings. The number of hydrogen-bond donors (Lipinski definition) is 1. The van der Waals surface area contributed by atoms with Crippen molar-refractivity contribution in [1.29, 1.82) is 5.26 Å². The molecule has 0 aliphatic carbocycles. The number of hydrogen-bond acceptors (Lipinski definition) is 7. The van der Waals surface area contributed by atoms with E-state index < -0.39 is 17.9 Å². The van der Waals surface area contributed by atoms with Crippen LogP contribution in [0.3, 0.4) is 0 Å². The largest absolute Gasteiger partial charge is 0.466 e. The molecule has 7 nitrogen and oxygen atoms in total. The van der Waals surface area contributed by atoms with Gasteiger partial charge in [-0.15, -0.1) is 0 Å². The number of anilines is 1. The Morgan fingerprint density at radius 1 is 1.09 bits per heavy atom. The van der Waals surface area contributed by atoms with Crippen LogP contribution in [0.5, 0.6) is 0 Å². The second-order valence-corrected chi connectivity index (χ2v) is 8.11. The number of halogens is 3. The molecule has 0 radical (unpaired) electrons. The summed E-state index contributed by atoms with van der Waals surface area (Å²) in [5.41, 5.74) is 6.90. The van der Waals surface area contributed by atoms with E-state index in [0.29, 0.717) is 15.1 Å². The number of rotatable bonds is 4. The molecule has 10 heteroatoms. The topological polar surface area (TPSA) is 106 Å². The number of allylic oxidation sites excluding steroid dienone is 1. The number of nitriles is 1. The molecule has 0 amide bonds. The highest BCUT2D eigenvalue weighted by Gasteiger charge is 2.43. The molecule has 1 aliphatic rings. The van der Waals surface area contributed by atoms with Gasteiger partial charge in [0.15, 0.2) is 0 Å². The highest BCUT2D eigenvalue weighted by atomic mass is 79.9. The molecule has 2 aromatic carbocycles. The first kappa shape index (κ1) is 23.7. The Morgan fingerprint density at radius 2 is 1.72 bits per heavy atom. The maximum atomic E-state index is 13.0. The fourth-order valence-electron chi connectivity index (χ4n) is 3.45. The van der Waals surface area contributed by atoms with Gasteiger partial charge in [0, 0.05) is 0 Å². The van der Waals surface area contributed by atoms with Gasteiger partial charge in [0.05, 0.1) is 57.6 Å². The maximum Gasteiger partial charge on any atom is 0.355 e. The Balaban J connectivity index is 2.46. The van der Waals surface area contributed by atoms with Crippen LogP contribution in [0.15, 0.2) is 69.6 Å². The molecule has 0 saturated carbocycles. The number of nitrogens with zero attached hydrogens (tertiary/aromatic N) is 2. The Kier molecular flexibility index (Phi) is 7.14. The van der Waals surface area contributed by atoms with E-state index in [9.17, 15) is 14.9 Å². The molecule has 32 heavy (non-hydrogen) atoms. The Labute approximate surface area is 202 Å². The Hall–Kier alpha value is -2.99. The van der Waals surface area contributed by atoms with Crippen LogP contribution in [-0.4, -0.2) is 26.2 Å². The lowest BCUT2D eigenvalue weighted by Crippen LogP contribution is -2.41. The molecule has 1 aliphatic heterocycles. The van der Waals surface area contributed by atoms with Crippen molar-refractivity contribution in [2.45, 2.75) is 5.92 Å². The fourth-order valence-corrected chi connectivity index (χ4v) is 4.24. The SMILES string of the molecule is COC(=O)C1=C(C(=O)OC)N(c2ccc(Cl)c(Br)c2Cl)C(N)=C(C#N)C1c1ccccc1. The molecule has 3 rings (SSSR count). The van der Waals surface area contributed by atoms with Crippen LogP contribution < -0.4 is 10.6 Å². The fraction of sp³-hybridized carbons (Fsp3) is 0.136. The lowest BCUT2D eigenvalue weighted by atomic mass is 9.81. The van der Waals surface area contributed by atoms with E-state index in [1.165, 1.54) is 31.3 Å². The zero-order valence-electron chi connectivity index (χ0n) is 16.9. The van der Waals surface area contributed by atoms with Gasteiger partial charge < -0.3 is 15.2 Å². The number of carbonyl (C=O) groups excluding carboxylic acids is 2. The lowest BCUT2D eigenvalue weighted by Gasteiger charge is -2.36. The van der Waals surface area contributed by atoms with Gasteiger partial charge in [-0.3, -0.25) is 4.90 Å². The summed E-state index contributed by atoms with van der Waals surface area (Å²) < 4.78 is 10.3. The molecular formula is C22H16BrCl2N3O4. The van der Waals surface area contributed by atoms with Crippen molar-refractivity contribution in [3.8, 4) is 6.07 Å². The average Bonchev–Trinajstić information content (AvgIpc) is 2.81. The summed E-state index contributed by atoms with van der Waals surface area (Å²) in [6, 6.07) is 13.8. The van der Waals surface area contributed by atoms with Gasteiger partial charge in [-0.1, -0.05) is 53.5 Å². The normalized spacial score (nSPS) is 16.0. The minimum atomic E-state index is -0.964. The zero-order chi connectivity index (χ0) is 23.6. The first-order chi connectivity index (χ1) is 15.3. The third-order valence-electron chi connectivity index (χ3n) is 4.87. The van der Waals surface area contributed by atoms with Crippen LogP contribution in [0.1, 0.15) is 11.5 Å². The van der Waals surface area contributed by atoms with E-state index >= 15 is 0 Å². The molecule has 0 spiro atoms. The standard InChI is InChI=1S/C22H16BrCl2N3O4/c1-31-21(29)16-15(11-6-4-3-5-7-11)12(10-26)20(27)28(19(16)22(30)32-2)14-9-8-13(24)17(23)18(14)25/h3-9,15H,27H2,1-2H3. The van der Waals surface area contributed by atoms with Gasteiger partial charge in [0.2, 0.25) is 0 Å². The van der Waals surface area contributed by atoms with Crippen LogP contribution in [0, 0.1) is 11.3 Å². The van der Waals surface area contributed by atoms with Crippen molar-refractivity contribution >= 4 is 56.8 Å². The van der Waals surface area contributed by atoms with Gasteiger partial charge in [-0.25, -0.2) is 9.59 Å². The van der Waals surface area contributed by atoms with Crippen molar-refractivity contribution in [2.24, 2.45) is 5.73 Å². The average molecular weight is 537 g/mol. The molecule has 0 saturated heterocycles. The van der Waals surface area contributed by atoms with E-state index in [2.05, 4.69) is 22.0 Å². The van der Waals surface area contributed by atoms with Crippen LogP contribution >= 0.6 is 39.1 Å². The summed E-state index contributed by atoms with van der Waals surface area (Å²) in [5.74, 6) is -2.75. The van der Waals surface area contributed by atoms with Gasteiger partial charge in [-0.2, -0.15) is 5.26 Å². The van der Waals surface area contributed by atoms with Crippen molar-refractivity contribution in [3.05, 3.63) is 85.2 Å². The predicted molar refractivity (Wildman–Crippen MR) is 124 cm³/mol. The van der Waals surface area contributed by atoms with E-state index in [0.717, 1.165) is 0 Å². The highest BCUT2D eigenvalue weighted by molar-refractivity contribution is 9.10. The number of methoxy groups -OCH3 is 2. The van der Waals surface area contributed by atoms with Crippen molar-refractivity contribution in [3.63, 3.8) is 0 Å². The van der Waals surface area contributed by atoms with E-state index in [1.54, 1.807) is 30.3 Å². The number of ether oxygens (including phenoxy) is 2. The molecule has 1 unspecified atom stereocenters. The van der Waals surface area contributed by atoms with E-state index in [4.69, 9.17) is 38.4 Å².